The largest absolute Gasteiger partial charge is 0.367 e. The minimum atomic E-state index is -0.0756. The fourth-order valence-corrected chi connectivity index (χ4v) is 5.53. The van der Waals surface area contributed by atoms with Gasteiger partial charge in [0.2, 0.25) is 5.91 Å². The van der Waals surface area contributed by atoms with E-state index < -0.39 is 0 Å². The summed E-state index contributed by atoms with van der Waals surface area (Å²) in [6.45, 7) is 3.23. The van der Waals surface area contributed by atoms with Crippen molar-refractivity contribution in [3.8, 4) is 9.88 Å². The molecule has 1 fully saturated rings. The normalized spacial score (nSPS) is 20.0. The predicted molar refractivity (Wildman–Crippen MR) is 113 cm³/mol. The van der Waals surface area contributed by atoms with Gasteiger partial charge in [-0.3, -0.25) is 4.79 Å². The van der Waals surface area contributed by atoms with E-state index in [0.717, 1.165) is 25.6 Å². The van der Waals surface area contributed by atoms with Gasteiger partial charge in [0.05, 0.1) is 29.6 Å². The highest BCUT2D eigenvalue weighted by Crippen LogP contribution is 2.32. The van der Waals surface area contributed by atoms with E-state index >= 15 is 0 Å². The van der Waals surface area contributed by atoms with Gasteiger partial charge in [-0.1, -0.05) is 30.3 Å². The van der Waals surface area contributed by atoms with Crippen molar-refractivity contribution < 1.29 is 9.53 Å². The van der Waals surface area contributed by atoms with Gasteiger partial charge < -0.3 is 9.64 Å². The lowest BCUT2D eigenvalue weighted by atomic mass is 10.1. The third-order valence-corrected chi connectivity index (χ3v) is 7.20. The third kappa shape index (κ3) is 4.48. The van der Waals surface area contributed by atoms with Crippen molar-refractivity contribution in [1.29, 1.82) is 0 Å². The number of hydrogen-bond donors (Lipinski definition) is 0. The number of thiophene rings is 1. The monoisotopic (exact) mass is 462 g/mol. The van der Waals surface area contributed by atoms with E-state index in [1.165, 1.54) is 0 Å². The third-order valence-electron chi connectivity index (χ3n) is 4.45. The van der Waals surface area contributed by atoms with Gasteiger partial charge in [-0.05, 0) is 34.5 Å². The van der Waals surface area contributed by atoms with Crippen LogP contribution in [0, 0.1) is 0 Å². The van der Waals surface area contributed by atoms with Crippen molar-refractivity contribution in [2.75, 3.05) is 13.1 Å². The molecule has 0 radical (unpaired) electrons. The summed E-state index contributed by atoms with van der Waals surface area (Å²) in [5, 5.41) is 4.99. The van der Waals surface area contributed by atoms with Crippen molar-refractivity contribution in [3.05, 3.63) is 62.9 Å². The van der Waals surface area contributed by atoms with E-state index in [1.54, 1.807) is 22.7 Å². The summed E-state index contributed by atoms with van der Waals surface area (Å²) in [5.41, 5.74) is 1.95. The number of ether oxygens (including phenoxy) is 1. The molecule has 0 N–H and O–H groups in total. The summed E-state index contributed by atoms with van der Waals surface area (Å²) in [5.74, 6) is 0.107. The first-order valence-corrected chi connectivity index (χ1v) is 11.3. The van der Waals surface area contributed by atoms with E-state index in [9.17, 15) is 4.79 Å². The number of benzene rings is 1. The summed E-state index contributed by atoms with van der Waals surface area (Å²) in [7, 11) is 0. The van der Waals surface area contributed by atoms with Gasteiger partial charge in [0.15, 0.2) is 0 Å². The van der Waals surface area contributed by atoms with Crippen LogP contribution in [0.1, 0.15) is 24.3 Å². The Balaban J connectivity index is 1.44. The maximum absolute atomic E-state index is 12.9. The van der Waals surface area contributed by atoms with Gasteiger partial charge >= 0.3 is 0 Å². The molecule has 3 heterocycles. The predicted octanol–water partition coefficient (Wildman–Crippen LogP) is 5.17. The maximum Gasteiger partial charge on any atom is 0.228 e. The molecule has 1 aromatic carbocycles. The summed E-state index contributed by atoms with van der Waals surface area (Å²) in [6.07, 6.45) is 0.271. The molecule has 7 heteroatoms. The molecule has 2 aromatic heterocycles. The van der Waals surface area contributed by atoms with Gasteiger partial charge in [-0.2, -0.15) is 0 Å². The summed E-state index contributed by atoms with van der Waals surface area (Å²) in [4.78, 5) is 20.6. The van der Waals surface area contributed by atoms with E-state index in [-0.39, 0.29) is 18.1 Å². The maximum atomic E-state index is 12.9. The van der Waals surface area contributed by atoms with Gasteiger partial charge in [-0.25, -0.2) is 4.98 Å². The molecule has 2 atom stereocenters. The zero-order chi connectivity index (χ0) is 18.8. The molecule has 1 amide bonds. The molecule has 4 rings (SSSR count). The van der Waals surface area contributed by atoms with Gasteiger partial charge in [0.1, 0.15) is 11.1 Å². The molecule has 0 aliphatic carbocycles. The second kappa shape index (κ2) is 8.22. The minimum absolute atomic E-state index is 0.0161. The molecule has 140 valence electrons. The Bertz CT molecular complexity index is 925. The van der Waals surface area contributed by atoms with E-state index in [2.05, 4.69) is 39.1 Å². The Morgan fingerprint density at radius 3 is 2.81 bits per heavy atom. The topological polar surface area (TPSA) is 42.4 Å². The number of amides is 1. The highest BCUT2D eigenvalue weighted by atomic mass is 79.9. The standard InChI is InChI=1S/C20H19BrN2O2S2/c1-13-9-23(10-17(25-13)14-5-3-2-4-6-14)19(24)8-16-12-27-20(22-16)18-7-15(21)11-26-18/h2-7,11-13,17H,8-10H2,1H3. The van der Waals surface area contributed by atoms with Crippen LogP contribution >= 0.6 is 38.6 Å². The Hall–Kier alpha value is -1.54. The van der Waals surface area contributed by atoms with Crippen LogP contribution in [0.4, 0.5) is 0 Å². The Kier molecular flexibility index (Phi) is 5.73. The van der Waals surface area contributed by atoms with E-state index in [4.69, 9.17) is 4.74 Å². The van der Waals surface area contributed by atoms with Crippen LogP contribution in [0.2, 0.25) is 0 Å². The zero-order valence-corrected chi connectivity index (χ0v) is 18.0. The lowest BCUT2D eigenvalue weighted by Crippen LogP contribution is -2.46. The number of rotatable bonds is 4. The summed E-state index contributed by atoms with van der Waals surface area (Å²) >= 11 is 6.71. The minimum Gasteiger partial charge on any atom is -0.367 e. The number of carbonyl (C=O) groups excluding carboxylic acids is 1. The Labute approximate surface area is 174 Å². The first-order chi connectivity index (χ1) is 13.1. The van der Waals surface area contributed by atoms with Crippen molar-refractivity contribution in [3.63, 3.8) is 0 Å². The fourth-order valence-electron chi connectivity index (χ4n) is 3.20. The summed E-state index contributed by atoms with van der Waals surface area (Å²) in [6, 6.07) is 12.2. The summed E-state index contributed by atoms with van der Waals surface area (Å²) < 4.78 is 7.12. The van der Waals surface area contributed by atoms with Gasteiger partial charge in [-0.15, -0.1) is 22.7 Å². The Morgan fingerprint density at radius 1 is 1.26 bits per heavy atom. The van der Waals surface area contributed by atoms with E-state index in [0.29, 0.717) is 19.5 Å². The number of hydrogen-bond acceptors (Lipinski definition) is 5. The number of thiazole rings is 1. The molecule has 3 aromatic rings. The molecular formula is C20H19BrN2O2S2. The van der Waals surface area contributed by atoms with E-state index in [1.807, 2.05) is 40.8 Å². The molecule has 0 spiro atoms. The Morgan fingerprint density at radius 2 is 2.07 bits per heavy atom. The van der Waals surface area contributed by atoms with Crippen molar-refractivity contribution in [1.82, 2.24) is 9.88 Å². The number of nitrogens with zero attached hydrogens (tertiary/aromatic N) is 2. The molecule has 1 aliphatic heterocycles. The molecular weight excluding hydrogens is 444 g/mol. The van der Waals surface area contributed by atoms with Crippen LogP contribution in [0.5, 0.6) is 0 Å². The molecule has 27 heavy (non-hydrogen) atoms. The lowest BCUT2D eigenvalue weighted by molar-refractivity contribution is -0.144. The fraction of sp³-hybridized carbons (Fsp3) is 0.300. The first kappa shape index (κ1) is 18.8. The van der Waals surface area contributed by atoms with Crippen LogP contribution < -0.4 is 0 Å². The molecule has 0 saturated carbocycles. The molecule has 4 nitrogen and oxygen atoms in total. The smallest absolute Gasteiger partial charge is 0.228 e. The average molecular weight is 463 g/mol. The quantitative estimate of drug-likeness (QED) is 0.537. The van der Waals surface area contributed by atoms with Gasteiger partial charge in [0.25, 0.3) is 0 Å². The highest BCUT2D eigenvalue weighted by molar-refractivity contribution is 9.10. The van der Waals surface area contributed by atoms with Crippen LogP contribution in [0.3, 0.4) is 0 Å². The molecule has 1 saturated heterocycles. The second-order valence-electron chi connectivity index (χ2n) is 6.59. The molecule has 2 unspecified atom stereocenters. The second-order valence-corrected chi connectivity index (χ2v) is 9.28. The van der Waals surface area contributed by atoms with Crippen molar-refractivity contribution in [2.45, 2.75) is 25.6 Å². The number of aromatic nitrogens is 1. The number of morpholine rings is 1. The SMILES string of the molecule is CC1CN(C(=O)Cc2csc(-c3cc(Br)cs3)n2)CC(c2ccccc2)O1. The van der Waals surface area contributed by atoms with Crippen LogP contribution in [0.25, 0.3) is 9.88 Å². The number of halogens is 1. The molecule has 0 bridgehead atoms. The van der Waals surface area contributed by atoms with Crippen LogP contribution in [0.15, 0.2) is 51.6 Å². The van der Waals surface area contributed by atoms with Crippen LogP contribution in [-0.2, 0) is 16.0 Å². The van der Waals surface area contributed by atoms with Gasteiger partial charge in [0, 0.05) is 21.8 Å². The van der Waals surface area contributed by atoms with Crippen LogP contribution in [-0.4, -0.2) is 35.0 Å². The average Bonchev–Trinajstić information content (AvgIpc) is 3.31. The highest BCUT2D eigenvalue weighted by Gasteiger charge is 2.29. The lowest BCUT2D eigenvalue weighted by Gasteiger charge is -2.37. The number of carbonyl (C=O) groups is 1. The first-order valence-electron chi connectivity index (χ1n) is 8.75. The van der Waals surface area contributed by atoms with Crippen molar-refractivity contribution in [2.24, 2.45) is 0 Å². The van der Waals surface area contributed by atoms with Crippen molar-refractivity contribution >= 4 is 44.5 Å². The molecule has 1 aliphatic rings. The zero-order valence-electron chi connectivity index (χ0n) is 14.8.